The van der Waals surface area contributed by atoms with E-state index in [2.05, 4.69) is 9.97 Å². The van der Waals surface area contributed by atoms with Gasteiger partial charge in [-0.2, -0.15) is 0 Å². The van der Waals surface area contributed by atoms with E-state index in [1.807, 2.05) is 0 Å². The van der Waals surface area contributed by atoms with Gasteiger partial charge < -0.3 is 4.90 Å². The largest absolute Gasteiger partial charge is 0.336 e. The fourth-order valence-electron chi connectivity index (χ4n) is 2.65. The van der Waals surface area contributed by atoms with Crippen LogP contribution in [0.2, 0.25) is 0 Å². The van der Waals surface area contributed by atoms with E-state index >= 15 is 0 Å². The number of rotatable bonds is 5. The van der Waals surface area contributed by atoms with Crippen LogP contribution in [0.1, 0.15) is 26.4 Å². The molecule has 0 bridgehead atoms. The van der Waals surface area contributed by atoms with Crippen LogP contribution in [0.5, 0.6) is 0 Å². The summed E-state index contributed by atoms with van der Waals surface area (Å²) >= 11 is 0. The molecule has 0 spiro atoms. The summed E-state index contributed by atoms with van der Waals surface area (Å²) in [5.41, 5.74) is 2.78. The zero-order valence-electron chi connectivity index (χ0n) is 14.1. The summed E-state index contributed by atoms with van der Waals surface area (Å²) in [7, 11) is 1.64. The second-order valence-electron chi connectivity index (χ2n) is 5.76. The Bertz CT molecular complexity index is 942. The van der Waals surface area contributed by atoms with Crippen molar-refractivity contribution in [3.63, 3.8) is 0 Å². The number of aldehydes is 1. The van der Waals surface area contributed by atoms with E-state index in [1.54, 1.807) is 49.6 Å². The number of hydrogen-bond donors (Lipinski definition) is 0. The summed E-state index contributed by atoms with van der Waals surface area (Å²) in [6.45, 7) is 0.223. The zero-order chi connectivity index (χ0) is 18.5. The maximum absolute atomic E-state index is 13.2. The number of benzene rings is 2. The van der Waals surface area contributed by atoms with Crippen LogP contribution in [-0.4, -0.2) is 34.1 Å². The molecular weight excluding hydrogens is 333 g/mol. The van der Waals surface area contributed by atoms with Gasteiger partial charge in [0.25, 0.3) is 5.91 Å². The molecule has 0 saturated carbocycles. The van der Waals surface area contributed by atoms with Gasteiger partial charge in [0, 0.05) is 24.4 Å². The standard InChI is InChI=1S/C20H16FN3O2/c1-24(20(26)17-5-3-2-4-15(17)12-25)11-19-18(10-22-13-23-19)14-6-8-16(21)9-7-14/h2-10,12-13H,11H2,1H3. The molecule has 1 heterocycles. The second kappa shape index (κ2) is 7.65. The highest BCUT2D eigenvalue weighted by atomic mass is 19.1. The van der Waals surface area contributed by atoms with E-state index in [9.17, 15) is 14.0 Å². The number of halogens is 1. The van der Waals surface area contributed by atoms with Crippen molar-refractivity contribution in [3.05, 3.63) is 83.7 Å². The summed E-state index contributed by atoms with van der Waals surface area (Å²) in [5, 5.41) is 0. The van der Waals surface area contributed by atoms with E-state index in [1.165, 1.54) is 23.4 Å². The van der Waals surface area contributed by atoms with Crippen LogP contribution in [0.25, 0.3) is 11.1 Å². The van der Waals surface area contributed by atoms with Crippen LogP contribution in [0.4, 0.5) is 4.39 Å². The number of amides is 1. The zero-order valence-corrected chi connectivity index (χ0v) is 14.1. The average molecular weight is 349 g/mol. The third kappa shape index (κ3) is 3.64. The lowest BCUT2D eigenvalue weighted by Crippen LogP contribution is -2.27. The van der Waals surface area contributed by atoms with Crippen LogP contribution in [0.15, 0.2) is 61.1 Å². The molecule has 3 aromatic rings. The quantitative estimate of drug-likeness (QED) is 0.663. The Labute approximate surface area is 150 Å². The molecule has 0 aliphatic rings. The Kier molecular flexibility index (Phi) is 5.12. The van der Waals surface area contributed by atoms with Gasteiger partial charge in [0.1, 0.15) is 12.1 Å². The van der Waals surface area contributed by atoms with Crippen molar-refractivity contribution in [1.82, 2.24) is 14.9 Å². The Hall–Kier alpha value is -3.41. The monoisotopic (exact) mass is 349 g/mol. The first kappa shape index (κ1) is 17.4. The molecule has 130 valence electrons. The number of aromatic nitrogens is 2. The maximum Gasteiger partial charge on any atom is 0.254 e. The second-order valence-corrected chi connectivity index (χ2v) is 5.76. The number of nitrogens with zero attached hydrogens (tertiary/aromatic N) is 3. The molecule has 26 heavy (non-hydrogen) atoms. The summed E-state index contributed by atoms with van der Waals surface area (Å²) < 4.78 is 13.2. The minimum atomic E-state index is -0.329. The number of hydrogen-bond acceptors (Lipinski definition) is 4. The third-order valence-corrected chi connectivity index (χ3v) is 4.00. The topological polar surface area (TPSA) is 63.2 Å². The van der Waals surface area contributed by atoms with Crippen molar-refractivity contribution in [2.45, 2.75) is 6.54 Å². The van der Waals surface area contributed by atoms with Crippen LogP contribution in [-0.2, 0) is 6.54 Å². The molecule has 0 aliphatic carbocycles. The molecule has 0 radical (unpaired) electrons. The molecule has 0 fully saturated rings. The summed E-state index contributed by atoms with van der Waals surface area (Å²) in [5.74, 6) is -0.610. The van der Waals surface area contributed by atoms with Crippen LogP contribution >= 0.6 is 0 Å². The van der Waals surface area contributed by atoms with E-state index in [-0.39, 0.29) is 18.3 Å². The SMILES string of the molecule is CN(Cc1ncncc1-c1ccc(F)cc1)C(=O)c1ccccc1C=O. The number of carbonyl (C=O) groups is 2. The average Bonchev–Trinajstić information content (AvgIpc) is 2.68. The fourth-order valence-corrected chi connectivity index (χ4v) is 2.65. The molecule has 6 heteroatoms. The van der Waals surface area contributed by atoms with Crippen molar-refractivity contribution >= 4 is 12.2 Å². The van der Waals surface area contributed by atoms with Gasteiger partial charge in [-0.05, 0) is 23.8 Å². The van der Waals surface area contributed by atoms with Gasteiger partial charge in [0.15, 0.2) is 6.29 Å². The normalized spacial score (nSPS) is 10.4. The predicted octanol–water partition coefficient (Wildman–Crippen LogP) is 3.37. The molecule has 0 N–H and O–H groups in total. The van der Waals surface area contributed by atoms with Crippen molar-refractivity contribution in [2.75, 3.05) is 7.05 Å². The molecule has 0 atom stereocenters. The lowest BCUT2D eigenvalue weighted by Gasteiger charge is -2.19. The minimum absolute atomic E-state index is 0.223. The Morgan fingerprint density at radius 1 is 1.15 bits per heavy atom. The highest BCUT2D eigenvalue weighted by Crippen LogP contribution is 2.23. The Morgan fingerprint density at radius 3 is 2.62 bits per heavy atom. The third-order valence-electron chi connectivity index (χ3n) is 4.00. The molecule has 5 nitrogen and oxygen atoms in total. The van der Waals surface area contributed by atoms with Gasteiger partial charge in [0.2, 0.25) is 0 Å². The first-order valence-electron chi connectivity index (χ1n) is 7.94. The van der Waals surface area contributed by atoms with Gasteiger partial charge in [-0.1, -0.05) is 30.3 Å². The minimum Gasteiger partial charge on any atom is -0.336 e. The van der Waals surface area contributed by atoms with Crippen molar-refractivity contribution in [1.29, 1.82) is 0 Å². The first-order chi connectivity index (χ1) is 12.6. The van der Waals surface area contributed by atoms with Gasteiger partial charge in [-0.3, -0.25) is 9.59 Å². The molecule has 1 aromatic heterocycles. The molecule has 0 aliphatic heterocycles. The molecule has 3 rings (SSSR count). The van der Waals surface area contributed by atoms with E-state index < -0.39 is 0 Å². The van der Waals surface area contributed by atoms with Crippen LogP contribution in [0.3, 0.4) is 0 Å². The van der Waals surface area contributed by atoms with Crippen LogP contribution < -0.4 is 0 Å². The van der Waals surface area contributed by atoms with E-state index in [0.29, 0.717) is 23.1 Å². The van der Waals surface area contributed by atoms with E-state index in [0.717, 1.165) is 11.1 Å². The predicted molar refractivity (Wildman–Crippen MR) is 95.1 cm³/mol. The van der Waals surface area contributed by atoms with Crippen molar-refractivity contribution in [2.24, 2.45) is 0 Å². The fraction of sp³-hybridized carbons (Fsp3) is 0.100. The van der Waals surface area contributed by atoms with Crippen molar-refractivity contribution in [3.8, 4) is 11.1 Å². The maximum atomic E-state index is 13.2. The molecule has 1 amide bonds. The lowest BCUT2D eigenvalue weighted by molar-refractivity contribution is 0.0780. The van der Waals surface area contributed by atoms with Crippen molar-refractivity contribution < 1.29 is 14.0 Å². The van der Waals surface area contributed by atoms with Gasteiger partial charge in [-0.15, -0.1) is 0 Å². The molecule has 2 aromatic carbocycles. The van der Waals surface area contributed by atoms with Gasteiger partial charge >= 0.3 is 0 Å². The van der Waals surface area contributed by atoms with Gasteiger partial charge in [0.05, 0.1) is 17.8 Å². The number of carbonyl (C=O) groups excluding carboxylic acids is 2. The summed E-state index contributed by atoms with van der Waals surface area (Å²) in [4.78, 5) is 33.6. The molecular formula is C20H16FN3O2. The highest BCUT2D eigenvalue weighted by Gasteiger charge is 2.17. The molecule has 0 unspecified atom stereocenters. The summed E-state index contributed by atoms with van der Waals surface area (Å²) in [6, 6.07) is 12.6. The molecule has 0 saturated heterocycles. The Balaban J connectivity index is 1.88. The first-order valence-corrected chi connectivity index (χ1v) is 7.94. The van der Waals surface area contributed by atoms with E-state index in [4.69, 9.17) is 0 Å². The lowest BCUT2D eigenvalue weighted by atomic mass is 10.0. The van der Waals surface area contributed by atoms with Gasteiger partial charge in [-0.25, -0.2) is 14.4 Å². The smallest absolute Gasteiger partial charge is 0.254 e. The van der Waals surface area contributed by atoms with Crippen LogP contribution in [0, 0.1) is 5.82 Å². The highest BCUT2D eigenvalue weighted by molar-refractivity contribution is 6.01. The Morgan fingerprint density at radius 2 is 1.88 bits per heavy atom. The summed E-state index contributed by atoms with van der Waals surface area (Å²) in [6.07, 6.45) is 3.70.